The summed E-state index contributed by atoms with van der Waals surface area (Å²) in [7, 11) is 0. The molecule has 0 aromatic carbocycles. The van der Waals surface area contributed by atoms with Crippen molar-refractivity contribution < 1.29 is 4.79 Å². The molecule has 7 nitrogen and oxygen atoms in total. The van der Waals surface area contributed by atoms with Gasteiger partial charge in [-0.15, -0.1) is 24.8 Å². The smallest absolute Gasteiger partial charge is 0.224 e. The van der Waals surface area contributed by atoms with Crippen molar-refractivity contribution in [1.29, 1.82) is 0 Å². The van der Waals surface area contributed by atoms with Gasteiger partial charge in [-0.25, -0.2) is 14.6 Å². The van der Waals surface area contributed by atoms with Crippen LogP contribution in [0.3, 0.4) is 0 Å². The summed E-state index contributed by atoms with van der Waals surface area (Å²) in [6.07, 6.45) is 5.65. The predicted molar refractivity (Wildman–Crippen MR) is 85.2 cm³/mol. The lowest BCUT2D eigenvalue weighted by Crippen LogP contribution is -2.19. The number of nitrogens with one attached hydrogen (secondary N) is 1. The molecule has 0 radical (unpaired) electrons. The van der Waals surface area contributed by atoms with Crippen LogP contribution >= 0.6 is 24.8 Å². The number of amides is 1. The zero-order valence-corrected chi connectivity index (χ0v) is 13.1. The van der Waals surface area contributed by atoms with Gasteiger partial charge in [0, 0.05) is 12.5 Å². The molecule has 9 heteroatoms. The van der Waals surface area contributed by atoms with E-state index in [1.807, 2.05) is 6.92 Å². The fourth-order valence-corrected chi connectivity index (χ4v) is 1.50. The molecule has 1 amide bonds. The lowest BCUT2D eigenvalue weighted by molar-refractivity contribution is -0.116. The third-order valence-corrected chi connectivity index (χ3v) is 2.51. The Hall–Kier alpha value is -1.70. The van der Waals surface area contributed by atoms with Gasteiger partial charge in [-0.05, 0) is 25.5 Å². The highest BCUT2D eigenvalue weighted by molar-refractivity contribution is 5.90. The van der Waals surface area contributed by atoms with E-state index in [1.165, 1.54) is 6.33 Å². The van der Waals surface area contributed by atoms with Crippen LogP contribution in [0.1, 0.15) is 19.8 Å². The standard InChI is InChI=1S/C12H16N6O.2ClH/c1-9(13)2-5-12(19)17-10-3-4-11(15-6-10)18-8-14-7-16-18;;/h3-4,6-9H,2,5,13H2,1H3,(H,17,19);2*1H. The number of hydrogen-bond acceptors (Lipinski definition) is 5. The van der Waals surface area contributed by atoms with Crippen LogP contribution < -0.4 is 11.1 Å². The molecule has 0 spiro atoms. The normalized spacial score (nSPS) is 11.0. The van der Waals surface area contributed by atoms with E-state index in [0.717, 1.165) is 0 Å². The molecular weight excluding hydrogens is 315 g/mol. The first-order valence-corrected chi connectivity index (χ1v) is 6.01. The summed E-state index contributed by atoms with van der Waals surface area (Å²) in [5.41, 5.74) is 6.25. The molecule has 2 rings (SSSR count). The van der Waals surface area contributed by atoms with Crippen LogP contribution in [-0.4, -0.2) is 31.7 Å². The fourth-order valence-electron chi connectivity index (χ4n) is 1.50. The monoisotopic (exact) mass is 332 g/mol. The maximum atomic E-state index is 11.6. The van der Waals surface area contributed by atoms with E-state index in [4.69, 9.17) is 5.73 Å². The average molecular weight is 333 g/mol. The largest absolute Gasteiger partial charge is 0.328 e. The lowest BCUT2D eigenvalue weighted by Gasteiger charge is -2.07. The van der Waals surface area contributed by atoms with E-state index < -0.39 is 0 Å². The number of carbonyl (C=O) groups excluding carboxylic acids is 1. The number of aromatic nitrogens is 4. The average Bonchev–Trinajstić information content (AvgIpc) is 2.91. The number of hydrogen-bond donors (Lipinski definition) is 2. The lowest BCUT2D eigenvalue weighted by atomic mass is 10.2. The van der Waals surface area contributed by atoms with Crippen molar-refractivity contribution in [3.8, 4) is 5.82 Å². The molecule has 21 heavy (non-hydrogen) atoms. The van der Waals surface area contributed by atoms with Gasteiger partial charge < -0.3 is 11.1 Å². The molecule has 0 fully saturated rings. The number of pyridine rings is 1. The van der Waals surface area contributed by atoms with Crippen LogP contribution in [0, 0.1) is 0 Å². The van der Waals surface area contributed by atoms with Crippen LogP contribution in [0.25, 0.3) is 5.82 Å². The van der Waals surface area contributed by atoms with Gasteiger partial charge >= 0.3 is 0 Å². The molecule has 1 atom stereocenters. The Morgan fingerprint density at radius 3 is 2.71 bits per heavy atom. The minimum atomic E-state index is -0.0624. The summed E-state index contributed by atoms with van der Waals surface area (Å²) in [5, 5.41) is 6.74. The highest BCUT2D eigenvalue weighted by Crippen LogP contribution is 2.09. The van der Waals surface area contributed by atoms with Gasteiger partial charge in [0.15, 0.2) is 5.82 Å². The Balaban J connectivity index is 0.00000200. The minimum Gasteiger partial charge on any atom is -0.328 e. The van der Waals surface area contributed by atoms with Crippen molar-refractivity contribution in [2.75, 3.05) is 5.32 Å². The summed E-state index contributed by atoms with van der Waals surface area (Å²) in [5.74, 6) is 0.582. The van der Waals surface area contributed by atoms with Gasteiger partial charge in [-0.2, -0.15) is 5.10 Å². The number of nitrogens with zero attached hydrogens (tertiary/aromatic N) is 4. The molecule has 0 aliphatic carbocycles. The van der Waals surface area contributed by atoms with Crippen LogP contribution in [0.4, 0.5) is 5.69 Å². The molecule has 0 bridgehead atoms. The first-order valence-electron chi connectivity index (χ1n) is 6.01. The van der Waals surface area contributed by atoms with Crippen molar-refractivity contribution in [2.45, 2.75) is 25.8 Å². The highest BCUT2D eigenvalue weighted by atomic mass is 35.5. The third-order valence-electron chi connectivity index (χ3n) is 2.51. The van der Waals surface area contributed by atoms with Gasteiger partial charge in [-0.3, -0.25) is 4.79 Å². The Morgan fingerprint density at radius 2 is 2.19 bits per heavy atom. The van der Waals surface area contributed by atoms with Crippen molar-refractivity contribution in [3.05, 3.63) is 31.0 Å². The quantitative estimate of drug-likeness (QED) is 0.865. The molecular formula is C12H18Cl2N6O. The second-order valence-electron chi connectivity index (χ2n) is 4.31. The van der Waals surface area contributed by atoms with Crippen LogP contribution in [0.15, 0.2) is 31.0 Å². The summed E-state index contributed by atoms with van der Waals surface area (Å²) in [4.78, 5) is 19.6. The molecule has 0 aliphatic rings. The summed E-state index contributed by atoms with van der Waals surface area (Å²) in [6.45, 7) is 1.88. The van der Waals surface area contributed by atoms with Crippen LogP contribution in [-0.2, 0) is 4.79 Å². The molecule has 2 aromatic rings. The van der Waals surface area contributed by atoms with Crippen molar-refractivity contribution in [1.82, 2.24) is 19.7 Å². The van der Waals surface area contributed by atoms with Gasteiger partial charge in [0.2, 0.25) is 5.91 Å². The van der Waals surface area contributed by atoms with E-state index in [-0.39, 0.29) is 36.8 Å². The Labute approximate surface area is 135 Å². The molecule has 2 heterocycles. The maximum Gasteiger partial charge on any atom is 0.224 e. The Bertz CT molecular complexity index is 529. The van der Waals surface area contributed by atoms with Gasteiger partial charge in [0.25, 0.3) is 0 Å². The topological polar surface area (TPSA) is 98.7 Å². The van der Waals surface area contributed by atoms with Gasteiger partial charge in [0.05, 0.1) is 11.9 Å². The molecule has 0 saturated carbocycles. The first kappa shape index (κ1) is 19.3. The molecule has 3 N–H and O–H groups in total. The minimum absolute atomic E-state index is 0. The van der Waals surface area contributed by atoms with E-state index in [1.54, 1.807) is 29.3 Å². The highest BCUT2D eigenvalue weighted by Gasteiger charge is 2.05. The van der Waals surface area contributed by atoms with Crippen LogP contribution in [0.5, 0.6) is 0 Å². The number of anilines is 1. The molecule has 0 saturated heterocycles. The molecule has 0 aliphatic heterocycles. The first-order chi connectivity index (χ1) is 9.15. The zero-order chi connectivity index (χ0) is 13.7. The SMILES string of the molecule is CC(N)CCC(=O)Nc1ccc(-n2cncn2)nc1.Cl.Cl. The van der Waals surface area contributed by atoms with E-state index in [9.17, 15) is 4.79 Å². The summed E-state index contributed by atoms with van der Waals surface area (Å²) < 4.78 is 1.54. The second-order valence-corrected chi connectivity index (χ2v) is 4.31. The van der Waals surface area contributed by atoms with E-state index in [2.05, 4.69) is 20.4 Å². The number of halogens is 2. The second kappa shape index (κ2) is 9.28. The van der Waals surface area contributed by atoms with Crippen molar-refractivity contribution >= 4 is 36.4 Å². The predicted octanol–water partition coefficient (Wildman–Crippen LogP) is 1.57. The van der Waals surface area contributed by atoms with Crippen LogP contribution in [0.2, 0.25) is 0 Å². The Kier molecular flexibility index (Phi) is 8.52. The van der Waals surface area contributed by atoms with Gasteiger partial charge in [-0.1, -0.05) is 0 Å². The van der Waals surface area contributed by atoms with Crippen molar-refractivity contribution in [3.63, 3.8) is 0 Å². The fraction of sp³-hybridized carbons (Fsp3) is 0.333. The van der Waals surface area contributed by atoms with E-state index in [0.29, 0.717) is 24.3 Å². The summed E-state index contributed by atoms with van der Waals surface area (Å²) >= 11 is 0. The molecule has 1 unspecified atom stereocenters. The van der Waals surface area contributed by atoms with E-state index >= 15 is 0 Å². The maximum absolute atomic E-state index is 11.6. The Morgan fingerprint density at radius 1 is 1.43 bits per heavy atom. The number of carbonyl (C=O) groups is 1. The molecule has 116 valence electrons. The number of rotatable bonds is 5. The molecule has 2 aromatic heterocycles. The van der Waals surface area contributed by atoms with Gasteiger partial charge in [0.1, 0.15) is 12.7 Å². The summed E-state index contributed by atoms with van der Waals surface area (Å²) in [6, 6.07) is 3.56. The third kappa shape index (κ3) is 6.07. The zero-order valence-electron chi connectivity index (χ0n) is 11.5. The van der Waals surface area contributed by atoms with Crippen molar-refractivity contribution in [2.24, 2.45) is 5.73 Å². The number of nitrogens with two attached hydrogens (primary N) is 1.